The zero-order chi connectivity index (χ0) is 45.1. The Bertz CT molecular complexity index is 2960. The molecule has 330 valence electrons. The van der Waals surface area contributed by atoms with Gasteiger partial charge in [0.25, 0.3) is 0 Å². The second-order valence-corrected chi connectivity index (χ2v) is 21.5. The average molecular weight is 869 g/mol. The Morgan fingerprint density at radius 1 is 0.403 bits per heavy atom. The first-order valence-electron chi connectivity index (χ1n) is 25.2. The molecule has 3 aliphatic carbocycles. The maximum Gasteiger partial charge on any atom is 0.0713 e. The van der Waals surface area contributed by atoms with Crippen LogP contribution in [0.4, 0.5) is 22.7 Å². The smallest absolute Gasteiger partial charge is 0.0713 e. The number of hydrogen-bond acceptors (Lipinski definition) is 2. The van der Waals surface area contributed by atoms with E-state index in [1.165, 1.54) is 128 Å². The van der Waals surface area contributed by atoms with Crippen LogP contribution in [0.2, 0.25) is 0 Å². The second-order valence-electron chi connectivity index (χ2n) is 21.5. The predicted molar refractivity (Wildman–Crippen MR) is 280 cm³/mol. The molecule has 67 heavy (non-hydrogen) atoms. The monoisotopic (exact) mass is 868 g/mol. The maximum atomic E-state index is 2.69. The van der Waals surface area contributed by atoms with E-state index in [1.54, 1.807) is 0 Å². The molecule has 0 spiro atoms. The van der Waals surface area contributed by atoms with E-state index >= 15 is 0 Å². The van der Waals surface area contributed by atoms with Gasteiger partial charge in [-0.05, 0) is 192 Å². The molecule has 2 heteroatoms. The summed E-state index contributed by atoms with van der Waals surface area (Å²) in [5.41, 5.74) is 21.2. The van der Waals surface area contributed by atoms with E-state index in [9.17, 15) is 0 Å². The molecule has 6 atom stereocenters. The van der Waals surface area contributed by atoms with Gasteiger partial charge < -0.3 is 9.80 Å². The number of benzene rings is 8. The summed E-state index contributed by atoms with van der Waals surface area (Å²) in [6, 6.07) is 74.5. The molecule has 0 radical (unpaired) electrons. The van der Waals surface area contributed by atoms with Crippen LogP contribution in [0.5, 0.6) is 0 Å². The first-order chi connectivity index (χ1) is 32.8. The van der Waals surface area contributed by atoms with E-state index in [1.807, 2.05) is 0 Å². The summed E-state index contributed by atoms with van der Waals surface area (Å²) in [6.45, 7) is 9.98. The lowest BCUT2D eigenvalue weighted by atomic mass is 9.67. The van der Waals surface area contributed by atoms with Crippen molar-refractivity contribution in [1.82, 2.24) is 0 Å². The van der Waals surface area contributed by atoms with Crippen LogP contribution in [0.15, 0.2) is 194 Å². The lowest BCUT2D eigenvalue weighted by molar-refractivity contribution is 0.237. The fraction of sp³-hybridized carbons (Fsp3) is 0.262. The molecule has 2 aliphatic heterocycles. The molecule has 8 aromatic carbocycles. The Morgan fingerprint density at radius 2 is 0.761 bits per heavy atom. The molecule has 5 aliphatic rings. The summed E-state index contributed by atoms with van der Waals surface area (Å²) < 4.78 is 0. The van der Waals surface area contributed by atoms with E-state index in [0.29, 0.717) is 23.7 Å². The van der Waals surface area contributed by atoms with Gasteiger partial charge in [0, 0.05) is 45.7 Å². The molecule has 2 saturated carbocycles. The lowest BCUT2D eigenvalue weighted by Gasteiger charge is -2.45. The van der Waals surface area contributed by atoms with Gasteiger partial charge in [-0.3, -0.25) is 0 Å². The molecule has 0 bridgehead atoms. The van der Waals surface area contributed by atoms with E-state index in [4.69, 9.17) is 0 Å². The molecule has 0 N–H and O–H groups in total. The summed E-state index contributed by atoms with van der Waals surface area (Å²) >= 11 is 0. The third-order valence-electron chi connectivity index (χ3n) is 17.6. The molecule has 2 nitrogen and oxygen atoms in total. The predicted octanol–water partition coefficient (Wildman–Crippen LogP) is 17.0. The summed E-state index contributed by atoms with van der Waals surface area (Å²) in [5, 5.41) is 0. The number of nitrogens with zero attached hydrogens (tertiary/aromatic N) is 2. The van der Waals surface area contributed by atoms with Crippen LogP contribution in [-0.2, 0) is 5.41 Å². The van der Waals surface area contributed by atoms with Crippen molar-refractivity contribution in [3.63, 3.8) is 0 Å². The van der Waals surface area contributed by atoms with E-state index in [0.717, 1.165) is 0 Å². The number of fused-ring (bicyclic) bond motifs is 9. The molecule has 2 heterocycles. The first-order valence-corrected chi connectivity index (χ1v) is 25.2. The van der Waals surface area contributed by atoms with Gasteiger partial charge in [0.15, 0.2) is 0 Å². The number of hydrogen-bond donors (Lipinski definition) is 0. The average Bonchev–Trinajstić information content (AvgIpc) is 3.92. The summed E-state index contributed by atoms with van der Waals surface area (Å²) in [6.07, 6.45) is 7.38. The van der Waals surface area contributed by atoms with E-state index in [2.05, 4.69) is 232 Å². The zero-order valence-electron chi connectivity index (χ0n) is 39.4. The van der Waals surface area contributed by atoms with E-state index < -0.39 is 5.41 Å². The topological polar surface area (TPSA) is 6.48 Å². The van der Waals surface area contributed by atoms with Crippen molar-refractivity contribution < 1.29 is 0 Å². The fourth-order valence-corrected chi connectivity index (χ4v) is 14.3. The van der Waals surface area contributed by atoms with Crippen molar-refractivity contribution >= 4 is 22.7 Å². The second kappa shape index (κ2) is 15.2. The third kappa shape index (κ3) is 5.94. The highest BCUT2D eigenvalue weighted by Crippen LogP contribution is 2.62. The van der Waals surface area contributed by atoms with Gasteiger partial charge in [-0.25, -0.2) is 0 Å². The highest BCUT2D eigenvalue weighted by molar-refractivity contribution is 5.92. The van der Waals surface area contributed by atoms with Gasteiger partial charge in [-0.2, -0.15) is 0 Å². The first kappa shape index (κ1) is 40.6. The largest absolute Gasteiger partial charge is 0.335 e. The quantitative estimate of drug-likeness (QED) is 0.164. The Morgan fingerprint density at radius 3 is 1.16 bits per heavy atom. The Hall–Kier alpha value is -6.64. The van der Waals surface area contributed by atoms with Crippen LogP contribution < -0.4 is 9.80 Å². The number of para-hydroxylation sites is 2. The summed E-state index contributed by atoms with van der Waals surface area (Å²) in [7, 11) is 0. The third-order valence-corrected chi connectivity index (χ3v) is 17.6. The van der Waals surface area contributed by atoms with E-state index in [-0.39, 0.29) is 11.1 Å². The standard InChI is InChI=1S/C65H60N2/c1-43-33-35-63(3)59(37-43)55-41-47(27-31-61(55)66(63)51-21-13-7-14-22-51)45-25-29-57-53(39-45)54-40-46(26-30-58(54)65(57,49-17-9-5-10-18-49)50-19-11-6-12-20-50)48-28-32-62-56(42-48)60-38-44(2)34-36-64(60,4)67(62)52-23-15-8-16-24-52/h5-32,39-44,59-60H,33-38H2,1-4H3. The molecule has 6 unspecified atom stereocenters. The van der Waals surface area contributed by atoms with Crippen LogP contribution in [-0.4, -0.2) is 11.1 Å². The van der Waals surface area contributed by atoms with Crippen LogP contribution >= 0.6 is 0 Å². The molecule has 0 amide bonds. The Balaban J connectivity index is 0.983. The highest BCUT2D eigenvalue weighted by atomic mass is 15.2. The van der Waals surface area contributed by atoms with Crippen molar-refractivity contribution in [3.05, 3.63) is 228 Å². The Kier molecular flexibility index (Phi) is 9.21. The summed E-state index contributed by atoms with van der Waals surface area (Å²) in [4.78, 5) is 5.37. The number of rotatable bonds is 6. The van der Waals surface area contributed by atoms with Gasteiger partial charge in [0.2, 0.25) is 0 Å². The molecular formula is C65H60N2. The normalized spacial score (nSPS) is 25.1. The van der Waals surface area contributed by atoms with Gasteiger partial charge in [0.1, 0.15) is 0 Å². The fourth-order valence-electron chi connectivity index (χ4n) is 14.3. The maximum absolute atomic E-state index is 2.69. The minimum atomic E-state index is -0.466. The van der Waals surface area contributed by atoms with Gasteiger partial charge in [-0.1, -0.05) is 147 Å². The summed E-state index contributed by atoms with van der Waals surface area (Å²) in [5.74, 6) is 2.39. The van der Waals surface area contributed by atoms with Gasteiger partial charge in [0.05, 0.1) is 5.41 Å². The molecule has 0 saturated heterocycles. The molecular weight excluding hydrogens is 809 g/mol. The van der Waals surface area contributed by atoms with Gasteiger partial charge in [-0.15, -0.1) is 0 Å². The highest BCUT2D eigenvalue weighted by Gasteiger charge is 2.53. The van der Waals surface area contributed by atoms with Crippen molar-refractivity contribution in [2.24, 2.45) is 11.8 Å². The van der Waals surface area contributed by atoms with Crippen molar-refractivity contribution in [2.45, 2.75) is 94.5 Å². The van der Waals surface area contributed by atoms with Crippen molar-refractivity contribution in [2.75, 3.05) is 9.80 Å². The van der Waals surface area contributed by atoms with Crippen LogP contribution in [0, 0.1) is 11.8 Å². The minimum Gasteiger partial charge on any atom is -0.335 e. The molecule has 0 aromatic heterocycles. The van der Waals surface area contributed by atoms with Crippen molar-refractivity contribution in [1.29, 1.82) is 0 Å². The Labute approximate surface area is 398 Å². The molecule has 8 aromatic rings. The van der Waals surface area contributed by atoms with Crippen LogP contribution in [0.25, 0.3) is 33.4 Å². The van der Waals surface area contributed by atoms with Crippen LogP contribution in [0.3, 0.4) is 0 Å². The molecule has 13 rings (SSSR count). The zero-order valence-corrected chi connectivity index (χ0v) is 39.4. The molecule has 2 fully saturated rings. The van der Waals surface area contributed by atoms with Gasteiger partial charge >= 0.3 is 0 Å². The van der Waals surface area contributed by atoms with Crippen LogP contribution in [0.1, 0.15) is 111 Å². The van der Waals surface area contributed by atoms with Crippen molar-refractivity contribution in [3.8, 4) is 33.4 Å². The SMILES string of the molecule is CC1CCC2(C)C(C1)c1cc(-c3ccc4c(c3)-c3cc(-c5ccc6c(c5)C5CC(C)CCC5(C)N6c5ccccc5)ccc3C4(c3ccccc3)c3ccccc3)ccc1N2c1ccccc1. The lowest BCUT2D eigenvalue weighted by Crippen LogP contribution is -2.46. The minimum absolute atomic E-state index is 0.0539. The number of anilines is 4.